The molecule has 1 fully saturated rings. The Morgan fingerprint density at radius 2 is 2.06 bits per heavy atom. The normalized spacial score (nSPS) is 23.7. The molecule has 1 unspecified atom stereocenters. The van der Waals surface area contributed by atoms with Crippen LogP contribution >= 0.6 is 0 Å². The number of nitrogens with two attached hydrogens (primary N) is 1. The van der Waals surface area contributed by atoms with Gasteiger partial charge in [-0.2, -0.15) is 0 Å². The van der Waals surface area contributed by atoms with Crippen molar-refractivity contribution in [3.8, 4) is 0 Å². The van der Waals surface area contributed by atoms with Crippen LogP contribution in [0.2, 0.25) is 0 Å². The lowest BCUT2D eigenvalue weighted by Crippen LogP contribution is -2.39. The quantitative estimate of drug-likeness (QED) is 0.632. The van der Waals surface area contributed by atoms with E-state index >= 15 is 0 Å². The Balaban J connectivity index is 2.40. The van der Waals surface area contributed by atoms with Crippen LogP contribution in [0.3, 0.4) is 0 Å². The first-order valence-corrected chi connectivity index (χ1v) is 5.22. The summed E-state index contributed by atoms with van der Waals surface area (Å²) in [7, 11) is 0. The SMILES string of the molecule is CC1(C(N)=O)CCN(C(=O)COCC(=O)O)C1. The van der Waals surface area contributed by atoms with Crippen molar-refractivity contribution in [1.29, 1.82) is 0 Å². The number of nitrogens with zero attached hydrogens (tertiary/aromatic N) is 1. The van der Waals surface area contributed by atoms with E-state index in [1.165, 1.54) is 4.90 Å². The largest absolute Gasteiger partial charge is 0.480 e. The van der Waals surface area contributed by atoms with Gasteiger partial charge in [-0.25, -0.2) is 4.79 Å². The Hall–Kier alpha value is -1.63. The molecule has 1 heterocycles. The van der Waals surface area contributed by atoms with Crippen molar-refractivity contribution < 1.29 is 24.2 Å². The van der Waals surface area contributed by atoms with Crippen LogP contribution in [0.4, 0.5) is 0 Å². The van der Waals surface area contributed by atoms with Crippen LogP contribution in [-0.4, -0.2) is 54.1 Å². The highest BCUT2D eigenvalue weighted by Gasteiger charge is 2.40. The first-order chi connectivity index (χ1) is 7.85. The highest BCUT2D eigenvalue weighted by atomic mass is 16.5. The summed E-state index contributed by atoms with van der Waals surface area (Å²) in [6, 6.07) is 0. The molecular weight excluding hydrogens is 228 g/mol. The van der Waals surface area contributed by atoms with Crippen LogP contribution < -0.4 is 5.73 Å². The summed E-state index contributed by atoms with van der Waals surface area (Å²) in [4.78, 5) is 34.4. The number of hydrogen-bond donors (Lipinski definition) is 2. The van der Waals surface area contributed by atoms with Crippen LogP contribution in [0.1, 0.15) is 13.3 Å². The zero-order valence-corrected chi connectivity index (χ0v) is 9.64. The summed E-state index contributed by atoms with van der Waals surface area (Å²) < 4.78 is 4.69. The second-order valence-corrected chi connectivity index (χ2v) is 4.38. The molecule has 2 amide bonds. The number of primary amides is 1. The lowest BCUT2D eigenvalue weighted by molar-refractivity contribution is -0.145. The second kappa shape index (κ2) is 5.13. The third kappa shape index (κ3) is 3.42. The number of amides is 2. The molecule has 0 aromatic carbocycles. The molecule has 0 aromatic heterocycles. The topological polar surface area (TPSA) is 110 Å². The molecule has 1 saturated heterocycles. The molecule has 0 spiro atoms. The standard InChI is InChI=1S/C10H16N2O5/c1-10(9(11)16)2-3-12(6-10)7(13)4-17-5-8(14)15/h2-6H2,1H3,(H2,11,16)(H,14,15). The number of carbonyl (C=O) groups is 3. The Morgan fingerprint density at radius 1 is 1.41 bits per heavy atom. The predicted octanol–water partition coefficient (Wildman–Crippen LogP) is -1.19. The van der Waals surface area contributed by atoms with Crippen molar-refractivity contribution in [3.05, 3.63) is 0 Å². The van der Waals surface area contributed by atoms with Crippen molar-refractivity contribution in [1.82, 2.24) is 4.90 Å². The summed E-state index contributed by atoms with van der Waals surface area (Å²) in [5.41, 5.74) is 4.56. The summed E-state index contributed by atoms with van der Waals surface area (Å²) in [6.45, 7) is 1.61. The summed E-state index contributed by atoms with van der Waals surface area (Å²) in [5, 5.41) is 8.34. The van der Waals surface area contributed by atoms with Crippen molar-refractivity contribution in [2.24, 2.45) is 11.1 Å². The maximum absolute atomic E-state index is 11.6. The van der Waals surface area contributed by atoms with Gasteiger partial charge in [0.15, 0.2) is 0 Å². The molecule has 0 aromatic rings. The monoisotopic (exact) mass is 244 g/mol. The molecule has 1 rings (SSSR count). The van der Waals surface area contributed by atoms with Gasteiger partial charge in [0, 0.05) is 13.1 Å². The van der Waals surface area contributed by atoms with Crippen LogP contribution in [0.5, 0.6) is 0 Å². The van der Waals surface area contributed by atoms with Gasteiger partial charge < -0.3 is 20.5 Å². The van der Waals surface area contributed by atoms with Crippen LogP contribution in [0.15, 0.2) is 0 Å². The van der Waals surface area contributed by atoms with Gasteiger partial charge in [0.1, 0.15) is 13.2 Å². The maximum atomic E-state index is 11.6. The number of carboxylic acid groups (broad SMARTS) is 1. The summed E-state index contributed by atoms with van der Waals surface area (Å²) >= 11 is 0. The second-order valence-electron chi connectivity index (χ2n) is 4.38. The lowest BCUT2D eigenvalue weighted by Gasteiger charge is -2.20. The number of aliphatic carboxylic acids is 1. The third-order valence-electron chi connectivity index (χ3n) is 2.87. The number of carbonyl (C=O) groups excluding carboxylic acids is 2. The Bertz CT molecular complexity index is 344. The highest BCUT2D eigenvalue weighted by molar-refractivity contribution is 5.84. The fourth-order valence-electron chi connectivity index (χ4n) is 1.69. The van der Waals surface area contributed by atoms with E-state index in [2.05, 4.69) is 0 Å². The first kappa shape index (κ1) is 13.4. The number of likely N-dealkylation sites (tertiary alicyclic amines) is 1. The Labute approximate surface area is 98.5 Å². The number of rotatable bonds is 5. The van der Waals surface area contributed by atoms with E-state index in [1.54, 1.807) is 6.92 Å². The maximum Gasteiger partial charge on any atom is 0.329 e. The van der Waals surface area contributed by atoms with Crippen molar-refractivity contribution in [3.63, 3.8) is 0 Å². The van der Waals surface area contributed by atoms with E-state index < -0.39 is 23.9 Å². The molecule has 1 atom stereocenters. The molecule has 96 valence electrons. The van der Waals surface area contributed by atoms with Gasteiger partial charge >= 0.3 is 5.97 Å². The minimum atomic E-state index is -1.12. The minimum absolute atomic E-state index is 0.262. The summed E-state index contributed by atoms with van der Waals surface area (Å²) in [5.74, 6) is -1.88. The van der Waals surface area contributed by atoms with E-state index in [-0.39, 0.29) is 19.1 Å². The van der Waals surface area contributed by atoms with Gasteiger partial charge in [0.25, 0.3) is 0 Å². The fourth-order valence-corrected chi connectivity index (χ4v) is 1.69. The van der Waals surface area contributed by atoms with E-state index in [0.29, 0.717) is 13.0 Å². The van der Waals surface area contributed by atoms with Gasteiger partial charge in [0.2, 0.25) is 11.8 Å². The summed E-state index contributed by atoms with van der Waals surface area (Å²) in [6.07, 6.45) is 0.521. The third-order valence-corrected chi connectivity index (χ3v) is 2.87. The lowest BCUT2D eigenvalue weighted by atomic mass is 9.89. The van der Waals surface area contributed by atoms with E-state index in [9.17, 15) is 14.4 Å². The first-order valence-electron chi connectivity index (χ1n) is 5.22. The van der Waals surface area contributed by atoms with Gasteiger partial charge in [-0.3, -0.25) is 9.59 Å². The average Bonchev–Trinajstić information content (AvgIpc) is 2.62. The van der Waals surface area contributed by atoms with Crippen molar-refractivity contribution in [2.45, 2.75) is 13.3 Å². The van der Waals surface area contributed by atoms with Crippen LogP contribution in [0.25, 0.3) is 0 Å². The molecule has 1 aliphatic heterocycles. The molecule has 0 radical (unpaired) electrons. The van der Waals surface area contributed by atoms with Gasteiger partial charge in [-0.05, 0) is 13.3 Å². The smallest absolute Gasteiger partial charge is 0.329 e. The Kier molecular flexibility index (Phi) is 4.06. The number of carboxylic acids is 1. The molecular formula is C10H16N2O5. The minimum Gasteiger partial charge on any atom is -0.480 e. The van der Waals surface area contributed by atoms with E-state index in [4.69, 9.17) is 15.6 Å². The zero-order chi connectivity index (χ0) is 13.1. The van der Waals surface area contributed by atoms with Crippen molar-refractivity contribution >= 4 is 17.8 Å². The van der Waals surface area contributed by atoms with Crippen molar-refractivity contribution in [2.75, 3.05) is 26.3 Å². The van der Waals surface area contributed by atoms with Gasteiger partial charge in [-0.1, -0.05) is 0 Å². The highest BCUT2D eigenvalue weighted by Crippen LogP contribution is 2.29. The van der Waals surface area contributed by atoms with Crippen LogP contribution in [0, 0.1) is 5.41 Å². The van der Waals surface area contributed by atoms with Crippen LogP contribution in [-0.2, 0) is 19.1 Å². The van der Waals surface area contributed by atoms with Gasteiger partial charge in [-0.15, -0.1) is 0 Å². The molecule has 0 aliphatic carbocycles. The molecule has 3 N–H and O–H groups in total. The number of hydrogen-bond acceptors (Lipinski definition) is 4. The molecule has 7 heteroatoms. The molecule has 1 aliphatic rings. The molecule has 0 saturated carbocycles. The number of ether oxygens (including phenoxy) is 1. The van der Waals surface area contributed by atoms with E-state index in [0.717, 1.165) is 0 Å². The Morgan fingerprint density at radius 3 is 2.53 bits per heavy atom. The average molecular weight is 244 g/mol. The fraction of sp³-hybridized carbons (Fsp3) is 0.700. The molecule has 17 heavy (non-hydrogen) atoms. The predicted molar refractivity (Wildman–Crippen MR) is 57.0 cm³/mol. The molecule has 7 nitrogen and oxygen atoms in total. The molecule has 0 bridgehead atoms. The van der Waals surface area contributed by atoms with E-state index in [1.807, 2.05) is 0 Å². The zero-order valence-electron chi connectivity index (χ0n) is 9.64. The van der Waals surface area contributed by atoms with Gasteiger partial charge in [0.05, 0.1) is 5.41 Å².